The molecular formula is C16H25N3O3S. The zero-order valence-corrected chi connectivity index (χ0v) is 14.5. The first-order chi connectivity index (χ1) is 11.0. The Morgan fingerprint density at radius 2 is 2.22 bits per heavy atom. The number of ether oxygens (including phenoxy) is 1. The minimum Gasteiger partial charge on any atom is -0.384 e. The van der Waals surface area contributed by atoms with Crippen LogP contribution in [0, 0.1) is 6.92 Å². The predicted octanol–water partition coefficient (Wildman–Crippen LogP) is 0.680. The molecule has 7 heteroatoms. The summed E-state index contributed by atoms with van der Waals surface area (Å²) < 4.78 is 5.57. The Labute approximate surface area is 141 Å². The summed E-state index contributed by atoms with van der Waals surface area (Å²) in [6.45, 7) is 6.20. The fourth-order valence-corrected chi connectivity index (χ4v) is 3.95. The molecule has 0 aliphatic carbocycles. The van der Waals surface area contributed by atoms with Crippen LogP contribution in [0.3, 0.4) is 0 Å². The molecule has 1 aromatic rings. The molecular weight excluding hydrogens is 314 g/mol. The van der Waals surface area contributed by atoms with Crippen molar-refractivity contribution in [3.8, 4) is 0 Å². The van der Waals surface area contributed by atoms with Crippen LogP contribution < -0.4 is 0 Å². The van der Waals surface area contributed by atoms with E-state index in [1.165, 1.54) is 12.8 Å². The van der Waals surface area contributed by atoms with E-state index in [0.29, 0.717) is 39.3 Å². The Morgan fingerprint density at radius 3 is 2.91 bits per heavy atom. The van der Waals surface area contributed by atoms with E-state index in [4.69, 9.17) is 4.74 Å². The smallest absolute Gasteiger partial charge is 0.228 e. The highest BCUT2D eigenvalue weighted by Gasteiger charge is 2.36. The molecule has 2 saturated heterocycles. The Balaban J connectivity index is 1.62. The summed E-state index contributed by atoms with van der Waals surface area (Å²) >= 11 is 1.56. The standard InChI is InChI=1S/C16H25N3O3S/c1-13-17-14(9-23-13)8-15(20)19-6-7-22-12-16(21,11-19)10-18-4-2-3-5-18/h9,21H,2-8,10-12H2,1H3/t16-/m1/s1. The number of carbonyl (C=O) groups is 1. The fourth-order valence-electron chi connectivity index (χ4n) is 3.34. The lowest BCUT2D eigenvalue weighted by atomic mass is 10.0. The van der Waals surface area contributed by atoms with Crippen molar-refractivity contribution in [2.45, 2.75) is 31.8 Å². The summed E-state index contributed by atoms with van der Waals surface area (Å²) in [6.07, 6.45) is 2.66. The third kappa shape index (κ3) is 4.50. The van der Waals surface area contributed by atoms with Gasteiger partial charge in [0.15, 0.2) is 0 Å². The number of nitrogens with zero attached hydrogens (tertiary/aromatic N) is 3. The van der Waals surface area contributed by atoms with Crippen LogP contribution in [0.15, 0.2) is 5.38 Å². The lowest BCUT2D eigenvalue weighted by Crippen LogP contribution is -2.53. The van der Waals surface area contributed by atoms with Gasteiger partial charge in [-0.15, -0.1) is 11.3 Å². The van der Waals surface area contributed by atoms with Gasteiger partial charge in [-0.25, -0.2) is 4.98 Å². The van der Waals surface area contributed by atoms with E-state index in [0.717, 1.165) is 23.8 Å². The Morgan fingerprint density at radius 1 is 1.43 bits per heavy atom. The average molecular weight is 339 g/mol. The molecule has 0 bridgehead atoms. The topological polar surface area (TPSA) is 65.9 Å². The number of aliphatic hydroxyl groups is 1. The first kappa shape index (κ1) is 16.8. The lowest BCUT2D eigenvalue weighted by Gasteiger charge is -2.34. The number of hydrogen-bond donors (Lipinski definition) is 1. The van der Waals surface area contributed by atoms with Crippen LogP contribution in [0.25, 0.3) is 0 Å². The number of thiazole rings is 1. The highest BCUT2D eigenvalue weighted by molar-refractivity contribution is 7.09. The number of rotatable bonds is 4. The molecule has 0 aromatic carbocycles. The normalized spacial score (nSPS) is 26.4. The Bertz CT molecular complexity index is 544. The van der Waals surface area contributed by atoms with Crippen LogP contribution in [0.4, 0.5) is 0 Å². The van der Waals surface area contributed by atoms with Crippen molar-refractivity contribution in [2.75, 3.05) is 45.9 Å². The molecule has 0 spiro atoms. The Hall–Kier alpha value is -1.02. The van der Waals surface area contributed by atoms with Crippen LogP contribution in [-0.2, 0) is 16.0 Å². The van der Waals surface area contributed by atoms with E-state index >= 15 is 0 Å². The van der Waals surface area contributed by atoms with Gasteiger partial charge < -0.3 is 19.6 Å². The number of β-amino-alcohol motifs (C(OH)–C–C–N with tert-alkyl or cyclic N) is 1. The zero-order chi connectivity index (χ0) is 16.3. The number of likely N-dealkylation sites (tertiary alicyclic amines) is 1. The summed E-state index contributed by atoms with van der Waals surface area (Å²) in [7, 11) is 0. The molecule has 3 rings (SSSR count). The second-order valence-corrected chi connectivity index (χ2v) is 7.67. The molecule has 2 aliphatic heterocycles. The minimum absolute atomic E-state index is 0.0145. The Kier molecular flexibility index (Phi) is 5.31. The van der Waals surface area contributed by atoms with Crippen LogP contribution in [-0.4, -0.2) is 77.3 Å². The van der Waals surface area contributed by atoms with Crippen LogP contribution >= 0.6 is 11.3 Å². The van der Waals surface area contributed by atoms with Gasteiger partial charge in [0.25, 0.3) is 0 Å². The van der Waals surface area contributed by atoms with Gasteiger partial charge in [-0.05, 0) is 32.9 Å². The maximum atomic E-state index is 12.6. The molecule has 1 N–H and O–H groups in total. The van der Waals surface area contributed by atoms with Gasteiger partial charge in [0, 0.05) is 18.5 Å². The number of hydrogen-bond acceptors (Lipinski definition) is 6. The number of amides is 1. The molecule has 0 unspecified atom stereocenters. The van der Waals surface area contributed by atoms with Crippen molar-refractivity contribution >= 4 is 17.2 Å². The predicted molar refractivity (Wildman–Crippen MR) is 88.6 cm³/mol. The van der Waals surface area contributed by atoms with Crippen molar-refractivity contribution in [1.29, 1.82) is 0 Å². The van der Waals surface area contributed by atoms with E-state index < -0.39 is 5.60 Å². The average Bonchev–Trinajstić information content (AvgIpc) is 3.09. The molecule has 3 heterocycles. The number of aryl methyl sites for hydroxylation is 1. The van der Waals surface area contributed by atoms with E-state index in [9.17, 15) is 9.90 Å². The quantitative estimate of drug-likeness (QED) is 0.874. The minimum atomic E-state index is -0.978. The van der Waals surface area contributed by atoms with Crippen LogP contribution in [0.5, 0.6) is 0 Å². The highest BCUT2D eigenvalue weighted by Crippen LogP contribution is 2.19. The highest BCUT2D eigenvalue weighted by atomic mass is 32.1. The maximum absolute atomic E-state index is 12.6. The van der Waals surface area contributed by atoms with E-state index in [1.54, 1.807) is 16.2 Å². The summed E-state index contributed by atoms with van der Waals surface area (Å²) in [5, 5.41) is 13.8. The van der Waals surface area contributed by atoms with E-state index in [2.05, 4.69) is 9.88 Å². The molecule has 1 amide bonds. The molecule has 23 heavy (non-hydrogen) atoms. The van der Waals surface area contributed by atoms with E-state index in [-0.39, 0.29) is 5.91 Å². The summed E-state index contributed by atoms with van der Waals surface area (Å²) in [5.41, 5.74) is -0.167. The van der Waals surface area contributed by atoms with Crippen molar-refractivity contribution in [1.82, 2.24) is 14.8 Å². The largest absolute Gasteiger partial charge is 0.384 e. The van der Waals surface area contributed by atoms with Gasteiger partial charge in [0.1, 0.15) is 5.60 Å². The van der Waals surface area contributed by atoms with Gasteiger partial charge in [-0.2, -0.15) is 0 Å². The molecule has 1 atom stereocenters. The first-order valence-corrected chi connectivity index (χ1v) is 9.13. The number of carbonyl (C=O) groups excluding carboxylic acids is 1. The second-order valence-electron chi connectivity index (χ2n) is 6.61. The third-order valence-corrected chi connectivity index (χ3v) is 5.25. The summed E-state index contributed by atoms with van der Waals surface area (Å²) in [4.78, 5) is 20.9. The SMILES string of the molecule is Cc1nc(CC(=O)N2CCOC[C@@](O)(CN3CCCC3)C2)cs1. The van der Waals surface area contributed by atoms with Crippen LogP contribution in [0.1, 0.15) is 23.5 Å². The summed E-state index contributed by atoms with van der Waals surface area (Å²) in [5.74, 6) is 0.0145. The van der Waals surface area contributed by atoms with E-state index in [1.807, 2.05) is 12.3 Å². The third-order valence-electron chi connectivity index (χ3n) is 4.43. The van der Waals surface area contributed by atoms with Crippen molar-refractivity contribution < 1.29 is 14.6 Å². The molecule has 0 radical (unpaired) electrons. The van der Waals surface area contributed by atoms with Crippen LogP contribution in [0.2, 0.25) is 0 Å². The molecule has 128 valence electrons. The molecule has 6 nitrogen and oxygen atoms in total. The van der Waals surface area contributed by atoms with Gasteiger partial charge >= 0.3 is 0 Å². The molecule has 2 fully saturated rings. The molecule has 1 aromatic heterocycles. The van der Waals surface area contributed by atoms with Crippen molar-refractivity contribution in [2.24, 2.45) is 0 Å². The maximum Gasteiger partial charge on any atom is 0.228 e. The zero-order valence-electron chi connectivity index (χ0n) is 13.7. The van der Waals surface area contributed by atoms with Crippen molar-refractivity contribution in [3.63, 3.8) is 0 Å². The number of aromatic nitrogens is 1. The summed E-state index contributed by atoms with van der Waals surface area (Å²) in [6, 6.07) is 0. The fraction of sp³-hybridized carbons (Fsp3) is 0.750. The van der Waals surface area contributed by atoms with Crippen molar-refractivity contribution in [3.05, 3.63) is 16.1 Å². The first-order valence-electron chi connectivity index (χ1n) is 8.25. The lowest BCUT2D eigenvalue weighted by molar-refractivity contribution is -0.133. The van der Waals surface area contributed by atoms with Gasteiger partial charge in [-0.1, -0.05) is 0 Å². The monoisotopic (exact) mass is 339 g/mol. The van der Waals surface area contributed by atoms with Gasteiger partial charge in [-0.3, -0.25) is 4.79 Å². The second kappa shape index (κ2) is 7.25. The molecule has 0 saturated carbocycles. The van der Waals surface area contributed by atoms with Gasteiger partial charge in [0.05, 0.1) is 36.9 Å². The van der Waals surface area contributed by atoms with Gasteiger partial charge in [0.2, 0.25) is 5.91 Å². The molecule has 2 aliphatic rings.